The third-order valence-corrected chi connectivity index (χ3v) is 5.93. The molecular formula is C19H28N2O2. The zero-order chi connectivity index (χ0) is 16.8. The highest BCUT2D eigenvalue weighted by molar-refractivity contribution is 6.05. The summed E-state index contributed by atoms with van der Waals surface area (Å²) >= 11 is 0. The fourth-order valence-electron chi connectivity index (χ4n) is 3.96. The van der Waals surface area contributed by atoms with E-state index in [4.69, 9.17) is 0 Å². The van der Waals surface area contributed by atoms with Crippen molar-refractivity contribution in [3.63, 3.8) is 0 Å². The van der Waals surface area contributed by atoms with Gasteiger partial charge in [0.25, 0.3) is 0 Å². The van der Waals surface area contributed by atoms with Crippen LogP contribution in [0.25, 0.3) is 0 Å². The lowest BCUT2D eigenvalue weighted by molar-refractivity contribution is -0.119. The average molecular weight is 316 g/mol. The topological polar surface area (TPSA) is 61.4 Å². The van der Waals surface area contributed by atoms with E-state index in [9.17, 15) is 9.90 Å². The van der Waals surface area contributed by atoms with Gasteiger partial charge in [-0.05, 0) is 50.8 Å². The molecule has 3 N–H and O–H groups in total. The van der Waals surface area contributed by atoms with Crippen molar-refractivity contribution in [2.24, 2.45) is 5.41 Å². The summed E-state index contributed by atoms with van der Waals surface area (Å²) in [5, 5.41) is 16.4. The summed E-state index contributed by atoms with van der Waals surface area (Å²) in [5.41, 5.74) is 2.70. The number of fused-ring (bicyclic) bond motifs is 1. The number of hydrogen-bond donors (Lipinski definition) is 3. The summed E-state index contributed by atoms with van der Waals surface area (Å²) in [6, 6.07) is 6.78. The van der Waals surface area contributed by atoms with Crippen molar-refractivity contribution in [1.29, 1.82) is 0 Å². The zero-order valence-electron chi connectivity index (χ0n) is 14.6. The monoisotopic (exact) mass is 316 g/mol. The fraction of sp³-hybridized carbons (Fsp3) is 0.632. The standard InChI is InChI=1S/C19H28N2O2/c1-12(20-16-6-5-9-19(16,4)11-22)13-7-8-15-14(10-13)18(2,3)17(23)21-15/h7-8,10,12,16,20,22H,5-6,9,11H2,1-4H3,(H,21,23). The first-order valence-electron chi connectivity index (χ1n) is 8.61. The van der Waals surface area contributed by atoms with Crippen LogP contribution in [0.4, 0.5) is 5.69 Å². The third kappa shape index (κ3) is 2.68. The van der Waals surface area contributed by atoms with Gasteiger partial charge in [-0.1, -0.05) is 25.5 Å². The molecule has 1 aliphatic heterocycles. The fourth-order valence-corrected chi connectivity index (χ4v) is 3.96. The second-order valence-corrected chi connectivity index (χ2v) is 8.03. The third-order valence-electron chi connectivity index (χ3n) is 5.93. The Bertz CT molecular complexity index is 626. The molecule has 0 saturated heterocycles. The number of aliphatic hydroxyl groups excluding tert-OH is 1. The van der Waals surface area contributed by atoms with Crippen molar-refractivity contribution in [1.82, 2.24) is 5.32 Å². The van der Waals surface area contributed by atoms with Gasteiger partial charge >= 0.3 is 0 Å². The van der Waals surface area contributed by atoms with Crippen LogP contribution in [0.1, 0.15) is 64.1 Å². The zero-order valence-corrected chi connectivity index (χ0v) is 14.6. The van der Waals surface area contributed by atoms with Crippen LogP contribution in [-0.2, 0) is 10.2 Å². The highest BCUT2D eigenvalue weighted by Gasteiger charge is 2.40. The van der Waals surface area contributed by atoms with Gasteiger partial charge in [-0.25, -0.2) is 0 Å². The Balaban J connectivity index is 1.81. The van der Waals surface area contributed by atoms with Gasteiger partial charge in [0.1, 0.15) is 0 Å². The van der Waals surface area contributed by atoms with E-state index in [1.165, 1.54) is 5.56 Å². The van der Waals surface area contributed by atoms with E-state index in [0.717, 1.165) is 30.5 Å². The quantitative estimate of drug-likeness (QED) is 0.800. The number of anilines is 1. The average Bonchev–Trinajstić information content (AvgIpc) is 2.98. The number of rotatable bonds is 4. The van der Waals surface area contributed by atoms with Crippen molar-refractivity contribution in [3.8, 4) is 0 Å². The summed E-state index contributed by atoms with van der Waals surface area (Å²) in [4.78, 5) is 12.1. The molecule has 1 aliphatic carbocycles. The van der Waals surface area contributed by atoms with Crippen LogP contribution in [-0.4, -0.2) is 23.7 Å². The van der Waals surface area contributed by atoms with E-state index in [1.54, 1.807) is 0 Å². The lowest BCUT2D eigenvalue weighted by Crippen LogP contribution is -2.42. The van der Waals surface area contributed by atoms with Gasteiger partial charge in [0.2, 0.25) is 5.91 Å². The van der Waals surface area contributed by atoms with Gasteiger partial charge in [0.15, 0.2) is 0 Å². The molecule has 23 heavy (non-hydrogen) atoms. The summed E-state index contributed by atoms with van der Waals surface area (Å²) in [6.07, 6.45) is 3.35. The van der Waals surface area contributed by atoms with Crippen molar-refractivity contribution in [2.75, 3.05) is 11.9 Å². The van der Waals surface area contributed by atoms with E-state index in [0.29, 0.717) is 6.04 Å². The van der Waals surface area contributed by atoms with E-state index in [-0.39, 0.29) is 24.0 Å². The van der Waals surface area contributed by atoms with Gasteiger partial charge in [0.05, 0.1) is 5.41 Å². The van der Waals surface area contributed by atoms with Crippen molar-refractivity contribution >= 4 is 11.6 Å². The van der Waals surface area contributed by atoms with E-state index in [2.05, 4.69) is 36.6 Å². The lowest BCUT2D eigenvalue weighted by Gasteiger charge is -2.33. The second kappa shape index (κ2) is 5.60. The lowest BCUT2D eigenvalue weighted by atomic mass is 9.83. The number of amides is 1. The number of aliphatic hydroxyl groups is 1. The highest BCUT2D eigenvalue weighted by Crippen LogP contribution is 2.40. The molecule has 0 aromatic heterocycles. The number of carbonyl (C=O) groups is 1. The molecule has 1 heterocycles. The highest BCUT2D eigenvalue weighted by atomic mass is 16.3. The predicted octanol–water partition coefficient (Wildman–Crippen LogP) is 3.12. The first-order valence-corrected chi connectivity index (χ1v) is 8.61. The van der Waals surface area contributed by atoms with Crippen LogP contribution < -0.4 is 10.6 Å². The number of hydrogen-bond acceptors (Lipinski definition) is 3. The predicted molar refractivity (Wildman–Crippen MR) is 92.5 cm³/mol. The molecule has 1 fully saturated rings. The molecule has 1 aromatic rings. The Kier molecular flexibility index (Phi) is 4.01. The molecule has 3 unspecified atom stereocenters. The molecule has 3 atom stereocenters. The van der Waals surface area contributed by atoms with Crippen LogP contribution in [0.5, 0.6) is 0 Å². The largest absolute Gasteiger partial charge is 0.396 e. The molecule has 4 heteroatoms. The minimum absolute atomic E-state index is 0.0260. The summed E-state index contributed by atoms with van der Waals surface area (Å²) in [5.74, 6) is 0.0638. The van der Waals surface area contributed by atoms with Crippen LogP contribution in [0.3, 0.4) is 0 Å². The number of nitrogens with one attached hydrogen (secondary N) is 2. The van der Waals surface area contributed by atoms with Crippen LogP contribution in [0.15, 0.2) is 18.2 Å². The Morgan fingerprint density at radius 1 is 1.39 bits per heavy atom. The van der Waals surface area contributed by atoms with Gasteiger partial charge < -0.3 is 15.7 Å². The van der Waals surface area contributed by atoms with Crippen molar-refractivity contribution < 1.29 is 9.90 Å². The molecule has 1 aromatic carbocycles. The maximum atomic E-state index is 12.1. The smallest absolute Gasteiger partial charge is 0.234 e. The van der Waals surface area contributed by atoms with Gasteiger partial charge in [-0.3, -0.25) is 4.79 Å². The minimum atomic E-state index is -0.474. The van der Waals surface area contributed by atoms with E-state index >= 15 is 0 Å². The minimum Gasteiger partial charge on any atom is -0.396 e. The van der Waals surface area contributed by atoms with Crippen LogP contribution in [0.2, 0.25) is 0 Å². The molecule has 1 saturated carbocycles. The molecular weight excluding hydrogens is 288 g/mol. The van der Waals surface area contributed by atoms with E-state index in [1.807, 2.05) is 19.9 Å². The number of benzene rings is 1. The Morgan fingerprint density at radius 3 is 2.83 bits per heavy atom. The molecule has 0 radical (unpaired) electrons. The van der Waals surface area contributed by atoms with Crippen molar-refractivity contribution in [2.45, 2.75) is 64.5 Å². The summed E-state index contributed by atoms with van der Waals surface area (Å²) in [7, 11) is 0. The molecule has 126 valence electrons. The second-order valence-electron chi connectivity index (χ2n) is 8.03. The summed E-state index contributed by atoms with van der Waals surface area (Å²) < 4.78 is 0. The first kappa shape index (κ1) is 16.5. The molecule has 1 amide bonds. The molecule has 0 bridgehead atoms. The Morgan fingerprint density at radius 2 is 2.13 bits per heavy atom. The Labute approximate surface area is 138 Å². The van der Waals surface area contributed by atoms with Gasteiger partial charge in [-0.2, -0.15) is 0 Å². The normalized spacial score (nSPS) is 30.1. The first-order chi connectivity index (χ1) is 10.8. The van der Waals surface area contributed by atoms with Crippen LogP contribution in [0, 0.1) is 5.41 Å². The Hall–Kier alpha value is -1.39. The maximum absolute atomic E-state index is 12.1. The molecule has 3 rings (SSSR count). The molecule has 4 nitrogen and oxygen atoms in total. The van der Waals surface area contributed by atoms with Crippen LogP contribution >= 0.6 is 0 Å². The molecule has 2 aliphatic rings. The summed E-state index contributed by atoms with van der Waals surface area (Å²) in [6.45, 7) is 8.49. The number of carbonyl (C=O) groups excluding carboxylic acids is 1. The molecule has 0 spiro atoms. The van der Waals surface area contributed by atoms with Gasteiger partial charge in [0, 0.05) is 29.8 Å². The van der Waals surface area contributed by atoms with Crippen molar-refractivity contribution in [3.05, 3.63) is 29.3 Å². The van der Waals surface area contributed by atoms with E-state index < -0.39 is 5.41 Å². The SMILES string of the molecule is CC(NC1CCCC1(C)CO)c1ccc2c(c1)C(C)(C)C(=O)N2. The van der Waals surface area contributed by atoms with Gasteiger partial charge in [-0.15, -0.1) is 0 Å². The maximum Gasteiger partial charge on any atom is 0.234 e.